The van der Waals surface area contributed by atoms with Crippen LogP contribution in [0.5, 0.6) is 0 Å². The van der Waals surface area contributed by atoms with Crippen molar-refractivity contribution in [3.63, 3.8) is 0 Å². The van der Waals surface area contributed by atoms with E-state index in [1.165, 1.54) is 24.3 Å². The predicted molar refractivity (Wildman–Crippen MR) is 106 cm³/mol. The van der Waals surface area contributed by atoms with Crippen molar-refractivity contribution in [2.75, 3.05) is 10.0 Å². The van der Waals surface area contributed by atoms with Gasteiger partial charge < -0.3 is 5.32 Å². The Morgan fingerprint density at radius 3 is 2.07 bits per heavy atom. The van der Waals surface area contributed by atoms with Gasteiger partial charge in [0.2, 0.25) is 5.91 Å². The van der Waals surface area contributed by atoms with E-state index < -0.39 is 32.8 Å². The largest absolute Gasteiger partial charge is 0.326 e. The molecular formula is C20H24F2N2O3S. The number of rotatable bonds is 5. The number of hydrogen-bond acceptors (Lipinski definition) is 3. The van der Waals surface area contributed by atoms with E-state index in [1.54, 1.807) is 34.6 Å². The van der Waals surface area contributed by atoms with Gasteiger partial charge in [0, 0.05) is 17.2 Å². The topological polar surface area (TPSA) is 75.3 Å². The van der Waals surface area contributed by atoms with Crippen LogP contribution in [-0.4, -0.2) is 14.3 Å². The first-order valence-electron chi connectivity index (χ1n) is 8.74. The Labute approximate surface area is 164 Å². The minimum atomic E-state index is -4.13. The van der Waals surface area contributed by atoms with E-state index in [1.807, 2.05) is 0 Å². The second-order valence-corrected chi connectivity index (χ2v) is 9.52. The first-order valence-corrected chi connectivity index (χ1v) is 10.2. The third-order valence-corrected chi connectivity index (χ3v) is 5.44. The highest BCUT2D eigenvalue weighted by Crippen LogP contribution is 2.27. The second kappa shape index (κ2) is 7.87. The summed E-state index contributed by atoms with van der Waals surface area (Å²) in [6.07, 6.45) is 0. The van der Waals surface area contributed by atoms with E-state index in [0.717, 1.165) is 12.1 Å². The zero-order valence-corrected chi connectivity index (χ0v) is 17.2. The minimum absolute atomic E-state index is 0.144. The summed E-state index contributed by atoms with van der Waals surface area (Å²) in [6.45, 7) is 8.68. The van der Waals surface area contributed by atoms with Gasteiger partial charge in [-0.15, -0.1) is 0 Å². The average molecular weight is 410 g/mol. The van der Waals surface area contributed by atoms with Crippen LogP contribution >= 0.6 is 0 Å². The van der Waals surface area contributed by atoms with Gasteiger partial charge in [-0.2, -0.15) is 0 Å². The van der Waals surface area contributed by atoms with Crippen LogP contribution in [-0.2, 0) is 14.8 Å². The molecule has 0 heterocycles. The lowest BCUT2D eigenvalue weighted by Gasteiger charge is -2.18. The van der Waals surface area contributed by atoms with Gasteiger partial charge in [0.05, 0.1) is 10.6 Å². The van der Waals surface area contributed by atoms with Crippen LogP contribution in [0.15, 0.2) is 41.3 Å². The highest BCUT2D eigenvalue weighted by atomic mass is 32.2. The van der Waals surface area contributed by atoms with Gasteiger partial charge in [0.25, 0.3) is 10.0 Å². The Balaban J connectivity index is 2.24. The van der Waals surface area contributed by atoms with Crippen molar-refractivity contribution >= 4 is 27.3 Å². The molecule has 0 aliphatic rings. The van der Waals surface area contributed by atoms with Crippen LogP contribution in [0.2, 0.25) is 0 Å². The van der Waals surface area contributed by atoms with Gasteiger partial charge in [-0.25, -0.2) is 17.2 Å². The molecule has 0 aromatic heterocycles. The molecule has 0 fully saturated rings. The number of halogens is 2. The smallest absolute Gasteiger partial charge is 0.261 e. The molecule has 0 saturated carbocycles. The van der Waals surface area contributed by atoms with Gasteiger partial charge in [-0.05, 0) is 41.8 Å². The average Bonchev–Trinajstić information content (AvgIpc) is 2.57. The lowest BCUT2D eigenvalue weighted by Crippen LogP contribution is -2.27. The maximum atomic E-state index is 14.2. The van der Waals surface area contributed by atoms with Crippen molar-refractivity contribution in [2.24, 2.45) is 5.41 Å². The maximum absolute atomic E-state index is 14.2. The molecule has 2 aromatic carbocycles. The van der Waals surface area contributed by atoms with Crippen molar-refractivity contribution in [3.05, 3.63) is 53.6 Å². The van der Waals surface area contributed by atoms with Crippen molar-refractivity contribution < 1.29 is 22.0 Å². The summed E-state index contributed by atoms with van der Waals surface area (Å²) in [4.78, 5) is 11.8. The number of hydrogen-bond donors (Lipinski definition) is 2. The monoisotopic (exact) mass is 410 g/mol. The highest BCUT2D eigenvalue weighted by molar-refractivity contribution is 7.92. The summed E-state index contributed by atoms with van der Waals surface area (Å²) in [5, 5.41) is 2.68. The fourth-order valence-corrected chi connectivity index (χ4v) is 3.38. The van der Waals surface area contributed by atoms with E-state index in [2.05, 4.69) is 10.0 Å². The van der Waals surface area contributed by atoms with Crippen LogP contribution in [0.1, 0.15) is 46.1 Å². The molecule has 0 radical (unpaired) electrons. The Kier molecular flexibility index (Phi) is 6.13. The molecular weight excluding hydrogens is 386 g/mol. The van der Waals surface area contributed by atoms with Crippen LogP contribution in [0.25, 0.3) is 0 Å². The molecule has 0 unspecified atom stereocenters. The molecule has 5 nitrogen and oxygen atoms in total. The first-order chi connectivity index (χ1) is 12.8. The number of benzene rings is 2. The predicted octanol–water partition coefficient (Wildman–Crippen LogP) is 4.87. The van der Waals surface area contributed by atoms with Gasteiger partial charge in [-0.1, -0.05) is 34.6 Å². The molecule has 8 heteroatoms. The number of carbonyl (C=O) groups excluding carboxylic acids is 1. The Hall–Kier alpha value is -2.48. The Bertz CT molecular complexity index is 980. The lowest BCUT2D eigenvalue weighted by atomic mass is 9.95. The van der Waals surface area contributed by atoms with Crippen LogP contribution in [0, 0.1) is 17.0 Å². The maximum Gasteiger partial charge on any atom is 0.261 e. The number of sulfonamides is 1. The van der Waals surface area contributed by atoms with E-state index in [-0.39, 0.29) is 22.3 Å². The number of nitrogens with one attached hydrogen (secondary N) is 2. The third-order valence-electron chi connectivity index (χ3n) is 4.06. The molecule has 0 aliphatic heterocycles. The molecule has 1 amide bonds. The fraction of sp³-hybridized carbons (Fsp3) is 0.350. The van der Waals surface area contributed by atoms with E-state index in [9.17, 15) is 22.0 Å². The molecule has 152 valence electrons. The number of carbonyl (C=O) groups is 1. The molecule has 0 aliphatic carbocycles. The van der Waals surface area contributed by atoms with Crippen molar-refractivity contribution in [1.29, 1.82) is 0 Å². The molecule has 2 aromatic rings. The zero-order valence-electron chi connectivity index (χ0n) is 16.4. The van der Waals surface area contributed by atoms with Crippen molar-refractivity contribution in [2.45, 2.75) is 45.4 Å². The summed E-state index contributed by atoms with van der Waals surface area (Å²) >= 11 is 0. The fourth-order valence-electron chi connectivity index (χ4n) is 2.32. The summed E-state index contributed by atoms with van der Waals surface area (Å²) in [6, 6.07) is 7.23. The van der Waals surface area contributed by atoms with Crippen molar-refractivity contribution in [1.82, 2.24) is 0 Å². The number of anilines is 2. The summed E-state index contributed by atoms with van der Waals surface area (Å²) in [7, 11) is -4.13. The van der Waals surface area contributed by atoms with E-state index in [0.29, 0.717) is 5.69 Å². The molecule has 0 bridgehead atoms. The van der Waals surface area contributed by atoms with E-state index in [4.69, 9.17) is 0 Å². The van der Waals surface area contributed by atoms with E-state index >= 15 is 0 Å². The quantitative estimate of drug-likeness (QED) is 0.738. The van der Waals surface area contributed by atoms with Gasteiger partial charge in [0.15, 0.2) is 0 Å². The summed E-state index contributed by atoms with van der Waals surface area (Å²) in [5.41, 5.74) is -0.473. The summed E-state index contributed by atoms with van der Waals surface area (Å²) < 4.78 is 55.3. The Morgan fingerprint density at radius 2 is 1.57 bits per heavy atom. The minimum Gasteiger partial charge on any atom is -0.326 e. The number of amides is 1. The van der Waals surface area contributed by atoms with Gasteiger partial charge in [0.1, 0.15) is 11.6 Å². The molecule has 0 saturated heterocycles. The molecule has 2 N–H and O–H groups in total. The Morgan fingerprint density at radius 1 is 1.00 bits per heavy atom. The molecule has 28 heavy (non-hydrogen) atoms. The van der Waals surface area contributed by atoms with Gasteiger partial charge >= 0.3 is 0 Å². The highest BCUT2D eigenvalue weighted by Gasteiger charge is 2.22. The van der Waals surface area contributed by atoms with Crippen LogP contribution in [0.4, 0.5) is 20.2 Å². The SMILES string of the molecule is CC(C)c1cc(F)c(NS(=O)(=O)c2ccc(NC(=O)C(C)(C)C)cc2)cc1F. The second-order valence-electron chi connectivity index (χ2n) is 7.84. The normalized spacial score (nSPS) is 12.1. The molecule has 2 rings (SSSR count). The van der Waals surface area contributed by atoms with Crippen LogP contribution < -0.4 is 10.0 Å². The molecule has 0 spiro atoms. The standard InChI is InChI=1S/C20H24F2N2O3S/c1-12(2)15-10-17(22)18(11-16(15)21)24-28(26,27)14-8-6-13(7-9-14)23-19(25)20(3,4)5/h6-12,24H,1-5H3,(H,23,25). The van der Waals surface area contributed by atoms with Crippen LogP contribution in [0.3, 0.4) is 0 Å². The van der Waals surface area contributed by atoms with Crippen molar-refractivity contribution in [3.8, 4) is 0 Å². The van der Waals surface area contributed by atoms with Gasteiger partial charge in [-0.3, -0.25) is 9.52 Å². The lowest BCUT2D eigenvalue weighted by molar-refractivity contribution is -0.123. The zero-order chi connectivity index (χ0) is 21.3. The molecule has 0 atom stereocenters. The third kappa shape index (κ3) is 5.07. The first kappa shape index (κ1) is 21.8. The summed E-state index contributed by atoms with van der Waals surface area (Å²) in [5.74, 6) is -2.00.